The maximum atomic E-state index is 13.0. The monoisotopic (exact) mass is 238 g/mol. The first-order chi connectivity index (χ1) is 6.84. The highest BCUT2D eigenvalue weighted by atomic mass is 35.5. The maximum absolute atomic E-state index is 13.0. The van der Waals surface area contributed by atoms with E-state index in [4.69, 9.17) is 11.6 Å². The summed E-state index contributed by atoms with van der Waals surface area (Å²) in [6.45, 7) is 0. The van der Waals surface area contributed by atoms with Gasteiger partial charge in [0.15, 0.2) is 0 Å². The average Bonchev–Trinajstić information content (AvgIpc) is 2.16. The van der Waals surface area contributed by atoms with E-state index < -0.39 is 24.2 Å². The third-order valence-electron chi connectivity index (χ3n) is 2.66. The van der Waals surface area contributed by atoms with Crippen molar-refractivity contribution in [3.63, 3.8) is 0 Å². The average molecular weight is 239 g/mol. The molecule has 0 saturated heterocycles. The molecule has 0 spiro atoms. The zero-order valence-corrected chi connectivity index (χ0v) is 8.24. The van der Waals surface area contributed by atoms with Gasteiger partial charge >= 0.3 is 11.8 Å². The summed E-state index contributed by atoms with van der Waals surface area (Å²) in [5.41, 5.74) is 0.204. The van der Waals surface area contributed by atoms with Crippen molar-refractivity contribution in [2.75, 3.05) is 0 Å². The summed E-state index contributed by atoms with van der Waals surface area (Å²) in [6, 6.07) is 5.55. The number of benzene rings is 1. The Morgan fingerprint density at radius 1 is 1.07 bits per heavy atom. The molecule has 0 aromatic heterocycles. The number of halogens is 5. The minimum absolute atomic E-state index is 0.204. The molecule has 0 heterocycles. The number of alkyl halides is 4. The van der Waals surface area contributed by atoms with Crippen LogP contribution in [0.5, 0.6) is 0 Å². The van der Waals surface area contributed by atoms with Gasteiger partial charge in [-0.05, 0) is 17.7 Å². The second kappa shape index (κ2) is 3.11. The van der Waals surface area contributed by atoms with Gasteiger partial charge in [0.1, 0.15) is 0 Å². The molecule has 0 N–H and O–H groups in total. The first-order valence-corrected chi connectivity index (χ1v) is 4.73. The Hall–Kier alpha value is -0.770. The molecule has 1 unspecified atom stereocenters. The standard InChI is InChI=1S/C10H7ClF4/c11-7-3-1-6(2-4-7)8-5-9(12,13)10(8,14)15/h1-4,8H,5H2. The Morgan fingerprint density at radius 2 is 1.60 bits per heavy atom. The van der Waals surface area contributed by atoms with E-state index in [1.54, 1.807) is 0 Å². The first-order valence-electron chi connectivity index (χ1n) is 4.36. The van der Waals surface area contributed by atoms with Crippen molar-refractivity contribution in [1.29, 1.82) is 0 Å². The molecule has 1 aliphatic rings. The predicted octanol–water partition coefficient (Wildman–Crippen LogP) is 4.10. The van der Waals surface area contributed by atoms with Gasteiger partial charge in [-0.3, -0.25) is 0 Å². The molecule has 1 atom stereocenters. The lowest BCUT2D eigenvalue weighted by atomic mass is 9.73. The van der Waals surface area contributed by atoms with Gasteiger partial charge < -0.3 is 0 Å². The van der Waals surface area contributed by atoms with Gasteiger partial charge in [0.05, 0.1) is 5.92 Å². The largest absolute Gasteiger partial charge is 0.317 e. The molecule has 0 bridgehead atoms. The summed E-state index contributed by atoms with van der Waals surface area (Å²) in [6.07, 6.45) is -0.804. The predicted molar refractivity (Wildman–Crippen MR) is 48.7 cm³/mol. The van der Waals surface area contributed by atoms with E-state index in [0.717, 1.165) is 0 Å². The summed E-state index contributed by atoms with van der Waals surface area (Å²) in [4.78, 5) is 0. The fourth-order valence-electron chi connectivity index (χ4n) is 1.67. The Bertz CT molecular complexity index is 372. The van der Waals surface area contributed by atoms with Crippen LogP contribution in [0, 0.1) is 0 Å². The van der Waals surface area contributed by atoms with Gasteiger partial charge in [-0.15, -0.1) is 0 Å². The molecule has 1 aliphatic carbocycles. The summed E-state index contributed by atoms with van der Waals surface area (Å²) in [5, 5.41) is 0.396. The van der Waals surface area contributed by atoms with Crippen molar-refractivity contribution in [3.05, 3.63) is 34.9 Å². The lowest BCUT2D eigenvalue weighted by molar-refractivity contribution is -0.290. The molecular weight excluding hydrogens is 232 g/mol. The molecule has 1 fully saturated rings. The SMILES string of the molecule is FC1(F)CC(c2ccc(Cl)cc2)C1(F)F. The molecule has 1 saturated carbocycles. The van der Waals surface area contributed by atoms with Crippen LogP contribution in [0.3, 0.4) is 0 Å². The van der Waals surface area contributed by atoms with Gasteiger partial charge in [-0.1, -0.05) is 23.7 Å². The highest BCUT2D eigenvalue weighted by Gasteiger charge is 2.71. The van der Waals surface area contributed by atoms with Crippen LogP contribution in [-0.4, -0.2) is 11.8 Å². The molecule has 1 aromatic rings. The molecule has 0 radical (unpaired) electrons. The van der Waals surface area contributed by atoms with Crippen LogP contribution in [0.1, 0.15) is 17.9 Å². The van der Waals surface area contributed by atoms with Gasteiger partial charge in [-0.25, -0.2) is 0 Å². The van der Waals surface area contributed by atoms with E-state index in [9.17, 15) is 17.6 Å². The van der Waals surface area contributed by atoms with Crippen LogP contribution in [0.4, 0.5) is 17.6 Å². The van der Waals surface area contributed by atoms with E-state index >= 15 is 0 Å². The van der Waals surface area contributed by atoms with Crippen LogP contribution in [0.15, 0.2) is 24.3 Å². The number of hydrogen-bond donors (Lipinski definition) is 0. The van der Waals surface area contributed by atoms with E-state index in [2.05, 4.69) is 0 Å². The van der Waals surface area contributed by atoms with E-state index in [-0.39, 0.29) is 5.56 Å². The van der Waals surface area contributed by atoms with Crippen molar-refractivity contribution in [2.45, 2.75) is 24.2 Å². The van der Waals surface area contributed by atoms with Gasteiger partial charge in [0, 0.05) is 11.4 Å². The second-order valence-corrected chi connectivity index (χ2v) is 4.07. The molecule has 15 heavy (non-hydrogen) atoms. The fourth-order valence-corrected chi connectivity index (χ4v) is 1.79. The fraction of sp³-hybridized carbons (Fsp3) is 0.400. The molecule has 0 nitrogen and oxygen atoms in total. The molecule has 0 amide bonds. The third kappa shape index (κ3) is 1.51. The zero-order valence-electron chi connectivity index (χ0n) is 7.48. The highest BCUT2D eigenvalue weighted by molar-refractivity contribution is 6.30. The molecule has 1 aromatic carbocycles. The lowest BCUT2D eigenvalue weighted by Gasteiger charge is -2.44. The van der Waals surface area contributed by atoms with E-state index in [1.807, 2.05) is 0 Å². The van der Waals surface area contributed by atoms with Crippen molar-refractivity contribution in [1.82, 2.24) is 0 Å². The zero-order chi connectivity index (χ0) is 11.3. The van der Waals surface area contributed by atoms with Crippen LogP contribution >= 0.6 is 11.6 Å². The first kappa shape index (κ1) is 10.7. The summed E-state index contributed by atoms with van der Waals surface area (Å²) in [5.74, 6) is -9.22. The number of rotatable bonds is 1. The third-order valence-corrected chi connectivity index (χ3v) is 2.91. The van der Waals surface area contributed by atoms with Gasteiger partial charge in [0.2, 0.25) is 0 Å². The summed E-state index contributed by atoms with van der Waals surface area (Å²) >= 11 is 5.57. The minimum Gasteiger partial charge on any atom is -0.200 e. The highest BCUT2D eigenvalue weighted by Crippen LogP contribution is 2.59. The van der Waals surface area contributed by atoms with Crippen LogP contribution in [0.25, 0.3) is 0 Å². The molecule has 2 rings (SSSR count). The minimum atomic E-state index is -3.94. The summed E-state index contributed by atoms with van der Waals surface area (Å²) < 4.78 is 51.1. The van der Waals surface area contributed by atoms with E-state index in [0.29, 0.717) is 5.02 Å². The van der Waals surface area contributed by atoms with E-state index in [1.165, 1.54) is 24.3 Å². The van der Waals surface area contributed by atoms with Gasteiger partial charge in [-0.2, -0.15) is 17.6 Å². The van der Waals surface area contributed by atoms with Crippen molar-refractivity contribution in [2.24, 2.45) is 0 Å². The molecule has 0 aliphatic heterocycles. The second-order valence-electron chi connectivity index (χ2n) is 3.64. The Morgan fingerprint density at radius 3 is 2.00 bits per heavy atom. The van der Waals surface area contributed by atoms with Crippen LogP contribution in [0.2, 0.25) is 5.02 Å². The Kier molecular flexibility index (Phi) is 2.23. The van der Waals surface area contributed by atoms with Crippen LogP contribution in [-0.2, 0) is 0 Å². The van der Waals surface area contributed by atoms with Gasteiger partial charge in [0.25, 0.3) is 0 Å². The van der Waals surface area contributed by atoms with Crippen molar-refractivity contribution in [3.8, 4) is 0 Å². The van der Waals surface area contributed by atoms with Crippen LogP contribution < -0.4 is 0 Å². The lowest BCUT2D eigenvalue weighted by Crippen LogP contribution is -2.56. The topological polar surface area (TPSA) is 0 Å². The number of hydrogen-bond acceptors (Lipinski definition) is 0. The molecule has 5 heteroatoms. The quantitative estimate of drug-likeness (QED) is 0.646. The normalized spacial score (nSPS) is 27.1. The van der Waals surface area contributed by atoms with Crippen molar-refractivity contribution < 1.29 is 17.6 Å². The Balaban J connectivity index is 2.25. The van der Waals surface area contributed by atoms with Crippen molar-refractivity contribution >= 4 is 11.6 Å². The smallest absolute Gasteiger partial charge is 0.200 e. The maximum Gasteiger partial charge on any atom is 0.317 e. The molecule has 82 valence electrons. The molecular formula is C10H7ClF4. The Labute approximate surface area is 88.9 Å². The summed E-state index contributed by atoms with van der Waals surface area (Å²) in [7, 11) is 0.